The summed E-state index contributed by atoms with van der Waals surface area (Å²) in [5.74, 6) is 1.93. The summed E-state index contributed by atoms with van der Waals surface area (Å²) < 4.78 is 5.41. The summed E-state index contributed by atoms with van der Waals surface area (Å²) in [5, 5.41) is 10.0. The molecule has 144 valence electrons. The molecule has 2 atom stereocenters. The van der Waals surface area contributed by atoms with Crippen molar-refractivity contribution in [2.45, 2.75) is 49.9 Å². The molecule has 0 spiro atoms. The van der Waals surface area contributed by atoms with Crippen molar-refractivity contribution < 1.29 is 4.42 Å². The smallest absolute Gasteiger partial charge is 0.191 e. The molecule has 0 aliphatic heterocycles. The van der Waals surface area contributed by atoms with E-state index in [1.807, 2.05) is 23.9 Å². The third-order valence-electron chi connectivity index (χ3n) is 4.52. The molecule has 0 amide bonds. The number of hydrogen-bond donors (Lipinski definition) is 2. The highest BCUT2D eigenvalue weighted by atomic mass is 127. The molecule has 4 nitrogen and oxygen atoms in total. The number of thioether (sulfide) groups is 1. The quantitative estimate of drug-likeness (QED) is 0.319. The molecule has 26 heavy (non-hydrogen) atoms. The summed E-state index contributed by atoms with van der Waals surface area (Å²) in [6, 6.07) is 8.69. The second kappa shape index (κ2) is 11.9. The van der Waals surface area contributed by atoms with Crippen LogP contribution in [0, 0.1) is 0 Å². The Hall–Kier alpha value is -0.670. The van der Waals surface area contributed by atoms with Gasteiger partial charge >= 0.3 is 0 Å². The monoisotopic (exact) mass is 505 g/mol. The van der Waals surface area contributed by atoms with Gasteiger partial charge in [-0.2, -0.15) is 11.8 Å². The first kappa shape index (κ1) is 21.6. The molecule has 0 bridgehead atoms. The van der Waals surface area contributed by atoms with Crippen molar-refractivity contribution in [2.75, 3.05) is 12.8 Å². The Bertz CT molecular complexity index is 631. The molecule has 2 aromatic rings. The second-order valence-electron chi connectivity index (χ2n) is 6.37. The fraction of sp³-hybridized carbons (Fsp3) is 0.526. The molecule has 3 rings (SSSR count). The highest BCUT2D eigenvalue weighted by molar-refractivity contribution is 14.0. The van der Waals surface area contributed by atoms with Gasteiger partial charge in [0.2, 0.25) is 0 Å². The van der Waals surface area contributed by atoms with E-state index in [0.29, 0.717) is 6.04 Å². The van der Waals surface area contributed by atoms with Crippen LogP contribution in [-0.2, 0) is 13.0 Å². The number of guanidine groups is 1. The number of thiophene rings is 1. The maximum absolute atomic E-state index is 5.41. The van der Waals surface area contributed by atoms with Crippen LogP contribution in [0.5, 0.6) is 0 Å². The lowest BCUT2D eigenvalue weighted by molar-refractivity contribution is 0.418. The lowest BCUT2D eigenvalue weighted by atomic mass is 9.95. The zero-order chi connectivity index (χ0) is 17.3. The van der Waals surface area contributed by atoms with Gasteiger partial charge in [-0.15, -0.1) is 35.3 Å². The van der Waals surface area contributed by atoms with Crippen molar-refractivity contribution in [1.29, 1.82) is 0 Å². The van der Waals surface area contributed by atoms with Gasteiger partial charge in [0.15, 0.2) is 5.96 Å². The van der Waals surface area contributed by atoms with Gasteiger partial charge in [0.05, 0.1) is 12.8 Å². The van der Waals surface area contributed by atoms with Crippen LogP contribution in [0.15, 0.2) is 45.3 Å². The van der Waals surface area contributed by atoms with E-state index in [9.17, 15) is 0 Å². The Kier molecular flexibility index (Phi) is 9.92. The molecule has 1 aliphatic carbocycles. The topological polar surface area (TPSA) is 49.6 Å². The van der Waals surface area contributed by atoms with Gasteiger partial charge in [-0.25, -0.2) is 4.99 Å². The van der Waals surface area contributed by atoms with Gasteiger partial charge in [-0.3, -0.25) is 0 Å². The van der Waals surface area contributed by atoms with Crippen LogP contribution < -0.4 is 10.6 Å². The molecule has 0 saturated heterocycles. The Morgan fingerprint density at radius 2 is 2.27 bits per heavy atom. The lowest BCUT2D eigenvalue weighted by Gasteiger charge is -2.30. The van der Waals surface area contributed by atoms with E-state index in [2.05, 4.69) is 34.4 Å². The predicted octanol–water partition coefficient (Wildman–Crippen LogP) is 4.91. The van der Waals surface area contributed by atoms with E-state index in [1.165, 1.54) is 30.6 Å². The lowest BCUT2D eigenvalue weighted by Crippen LogP contribution is -2.46. The SMILES string of the molecule is CSC1CCCC(NC(=NCc2cccs2)NCCc2ccco2)C1.I. The number of hydrogen-bond acceptors (Lipinski definition) is 4. The Labute approximate surface area is 181 Å². The molecule has 0 radical (unpaired) electrons. The summed E-state index contributed by atoms with van der Waals surface area (Å²) in [4.78, 5) is 6.09. The van der Waals surface area contributed by atoms with Crippen molar-refractivity contribution in [3.63, 3.8) is 0 Å². The molecular formula is C19H28IN3OS2. The van der Waals surface area contributed by atoms with Gasteiger partial charge in [-0.05, 0) is 49.1 Å². The summed E-state index contributed by atoms with van der Waals surface area (Å²) in [7, 11) is 0. The predicted molar refractivity (Wildman–Crippen MR) is 124 cm³/mol. The van der Waals surface area contributed by atoms with E-state index in [1.54, 1.807) is 17.6 Å². The highest BCUT2D eigenvalue weighted by Gasteiger charge is 2.22. The molecule has 2 unspecified atom stereocenters. The standard InChI is InChI=1S/C19H27N3OS2.HI/c1-24-17-7-2-5-15(13-17)22-19(21-14-18-8-4-12-25-18)20-10-9-16-6-3-11-23-16;/h3-4,6,8,11-12,15,17H,2,5,7,9-10,13-14H2,1H3,(H2,20,21,22);1H. The number of furan rings is 1. The maximum Gasteiger partial charge on any atom is 0.191 e. The number of halogens is 1. The minimum atomic E-state index is 0. The molecule has 1 aliphatic rings. The zero-order valence-corrected chi connectivity index (χ0v) is 19.1. The number of rotatable bonds is 7. The first-order chi connectivity index (χ1) is 12.3. The van der Waals surface area contributed by atoms with E-state index in [-0.39, 0.29) is 24.0 Å². The van der Waals surface area contributed by atoms with Crippen LogP contribution in [0.1, 0.15) is 36.3 Å². The van der Waals surface area contributed by atoms with Crippen LogP contribution in [0.3, 0.4) is 0 Å². The summed E-state index contributed by atoms with van der Waals surface area (Å²) in [5.41, 5.74) is 0. The van der Waals surface area contributed by atoms with Crippen LogP contribution >= 0.6 is 47.1 Å². The Balaban J connectivity index is 0.00000243. The van der Waals surface area contributed by atoms with Gasteiger partial charge in [0.25, 0.3) is 0 Å². The van der Waals surface area contributed by atoms with Gasteiger partial charge in [0.1, 0.15) is 5.76 Å². The van der Waals surface area contributed by atoms with E-state index >= 15 is 0 Å². The number of nitrogens with one attached hydrogen (secondary N) is 2. The van der Waals surface area contributed by atoms with Crippen LogP contribution in [0.4, 0.5) is 0 Å². The molecule has 2 aromatic heterocycles. The third kappa shape index (κ3) is 7.15. The highest BCUT2D eigenvalue weighted by Crippen LogP contribution is 2.26. The maximum atomic E-state index is 5.41. The Morgan fingerprint density at radius 1 is 1.35 bits per heavy atom. The van der Waals surface area contributed by atoms with E-state index in [4.69, 9.17) is 9.41 Å². The van der Waals surface area contributed by atoms with Crippen molar-refractivity contribution in [3.8, 4) is 0 Å². The Morgan fingerprint density at radius 3 is 3.00 bits per heavy atom. The van der Waals surface area contributed by atoms with Crippen LogP contribution in [0.25, 0.3) is 0 Å². The second-order valence-corrected chi connectivity index (χ2v) is 8.54. The van der Waals surface area contributed by atoms with Gasteiger partial charge in [-0.1, -0.05) is 12.5 Å². The van der Waals surface area contributed by atoms with E-state index < -0.39 is 0 Å². The van der Waals surface area contributed by atoms with Crippen molar-refractivity contribution in [3.05, 3.63) is 46.5 Å². The number of aliphatic imine (C=N–C) groups is 1. The molecule has 0 aromatic carbocycles. The van der Waals surface area contributed by atoms with Crippen molar-refractivity contribution in [2.24, 2.45) is 4.99 Å². The van der Waals surface area contributed by atoms with Gasteiger partial charge in [0, 0.05) is 29.1 Å². The summed E-state index contributed by atoms with van der Waals surface area (Å²) >= 11 is 3.75. The molecular weight excluding hydrogens is 477 g/mol. The molecule has 1 fully saturated rings. The minimum Gasteiger partial charge on any atom is -0.469 e. The first-order valence-corrected chi connectivity index (χ1v) is 11.1. The molecule has 1 saturated carbocycles. The number of nitrogens with zero attached hydrogens (tertiary/aromatic N) is 1. The molecule has 2 N–H and O–H groups in total. The average molecular weight is 505 g/mol. The fourth-order valence-corrected chi connectivity index (χ4v) is 4.61. The van der Waals surface area contributed by atoms with Gasteiger partial charge < -0.3 is 15.1 Å². The molecule has 7 heteroatoms. The summed E-state index contributed by atoms with van der Waals surface area (Å²) in [6.07, 6.45) is 9.91. The first-order valence-electron chi connectivity index (χ1n) is 8.96. The largest absolute Gasteiger partial charge is 0.469 e. The summed E-state index contributed by atoms with van der Waals surface area (Å²) in [6.45, 7) is 1.55. The van der Waals surface area contributed by atoms with Crippen LogP contribution in [0.2, 0.25) is 0 Å². The third-order valence-corrected chi connectivity index (χ3v) is 6.47. The van der Waals surface area contributed by atoms with Crippen molar-refractivity contribution in [1.82, 2.24) is 10.6 Å². The zero-order valence-electron chi connectivity index (χ0n) is 15.1. The minimum absolute atomic E-state index is 0. The average Bonchev–Trinajstić information content (AvgIpc) is 3.33. The molecule has 2 heterocycles. The fourth-order valence-electron chi connectivity index (χ4n) is 3.15. The van der Waals surface area contributed by atoms with Crippen molar-refractivity contribution >= 4 is 53.0 Å². The normalized spacial score (nSPS) is 20.4. The van der Waals surface area contributed by atoms with E-state index in [0.717, 1.165) is 36.5 Å². The van der Waals surface area contributed by atoms with Crippen LogP contribution in [-0.4, -0.2) is 30.1 Å².